The molecule has 0 aliphatic heterocycles. The fourth-order valence-corrected chi connectivity index (χ4v) is 2.75. The fraction of sp³-hybridized carbons (Fsp3) is 0.429. The van der Waals surface area contributed by atoms with Crippen molar-refractivity contribution in [1.82, 2.24) is 0 Å². The van der Waals surface area contributed by atoms with E-state index in [2.05, 4.69) is 15.9 Å². The lowest BCUT2D eigenvalue weighted by atomic mass is 10.3. The van der Waals surface area contributed by atoms with Crippen LogP contribution in [0.5, 0.6) is 0 Å². The Morgan fingerprint density at radius 3 is 2.82 bits per heavy atom. The Kier molecular flexibility index (Phi) is 3.06. The first-order valence-electron chi connectivity index (χ1n) is 3.29. The van der Waals surface area contributed by atoms with E-state index in [1.54, 1.807) is 11.3 Å². The van der Waals surface area contributed by atoms with Crippen molar-refractivity contribution in [3.8, 4) is 0 Å². The van der Waals surface area contributed by atoms with Crippen LogP contribution in [-0.2, 0) is 0 Å². The van der Waals surface area contributed by atoms with Crippen LogP contribution in [0.4, 0.5) is 0 Å². The molecule has 4 heteroatoms. The van der Waals surface area contributed by atoms with E-state index in [0.717, 1.165) is 9.35 Å². The lowest BCUT2D eigenvalue weighted by molar-refractivity contribution is 0.190. The Balaban J connectivity index is 2.93. The van der Waals surface area contributed by atoms with Gasteiger partial charge in [-0.1, -0.05) is 0 Å². The second kappa shape index (κ2) is 3.67. The maximum Gasteiger partial charge on any atom is 0.101 e. The van der Waals surface area contributed by atoms with Crippen molar-refractivity contribution in [2.45, 2.75) is 13.0 Å². The van der Waals surface area contributed by atoms with Gasteiger partial charge in [0.1, 0.15) is 6.10 Å². The fourth-order valence-electron chi connectivity index (χ4n) is 0.835. The molecular weight excluding hydrogens is 226 g/mol. The van der Waals surface area contributed by atoms with E-state index < -0.39 is 6.10 Å². The highest BCUT2D eigenvalue weighted by Crippen LogP contribution is 2.31. The predicted octanol–water partition coefficient (Wildman–Crippen LogP) is 1.81. The van der Waals surface area contributed by atoms with Crippen molar-refractivity contribution in [2.24, 2.45) is 5.73 Å². The third-order valence-corrected chi connectivity index (χ3v) is 3.43. The average molecular weight is 236 g/mol. The van der Waals surface area contributed by atoms with Gasteiger partial charge in [-0.05, 0) is 28.9 Å². The first-order chi connectivity index (χ1) is 5.15. The summed E-state index contributed by atoms with van der Waals surface area (Å²) in [5.74, 6) is 0. The number of rotatable bonds is 2. The Morgan fingerprint density at radius 1 is 1.82 bits per heavy atom. The minimum absolute atomic E-state index is 0.276. The van der Waals surface area contributed by atoms with Crippen LogP contribution in [0.2, 0.25) is 0 Å². The molecular formula is C7H10BrNOS. The van der Waals surface area contributed by atoms with Gasteiger partial charge in [-0.25, -0.2) is 0 Å². The standard InChI is InChI=1S/C7H10BrNOS/c1-4-2-5(8)7(11-4)6(10)3-9/h2,6,10H,3,9H2,1H3. The van der Waals surface area contributed by atoms with Gasteiger partial charge >= 0.3 is 0 Å². The summed E-state index contributed by atoms with van der Waals surface area (Å²) in [6.45, 7) is 2.28. The van der Waals surface area contributed by atoms with Crippen LogP contribution in [0.15, 0.2) is 10.5 Å². The number of aliphatic hydroxyl groups excluding tert-OH is 1. The van der Waals surface area contributed by atoms with E-state index in [-0.39, 0.29) is 6.54 Å². The molecule has 0 aliphatic rings. The highest BCUT2D eigenvalue weighted by Gasteiger charge is 2.11. The van der Waals surface area contributed by atoms with Crippen LogP contribution in [0.1, 0.15) is 15.9 Å². The molecule has 0 radical (unpaired) electrons. The molecule has 0 spiro atoms. The largest absolute Gasteiger partial charge is 0.386 e. The smallest absolute Gasteiger partial charge is 0.101 e. The van der Waals surface area contributed by atoms with Crippen LogP contribution >= 0.6 is 27.3 Å². The van der Waals surface area contributed by atoms with Crippen molar-refractivity contribution in [3.05, 3.63) is 20.3 Å². The third kappa shape index (κ3) is 2.02. The number of halogens is 1. The second-order valence-corrected chi connectivity index (χ2v) is 4.46. The predicted molar refractivity (Wildman–Crippen MR) is 50.8 cm³/mol. The van der Waals surface area contributed by atoms with Crippen molar-refractivity contribution >= 4 is 27.3 Å². The highest BCUT2D eigenvalue weighted by molar-refractivity contribution is 9.10. The van der Waals surface area contributed by atoms with Gasteiger partial charge in [-0.2, -0.15) is 0 Å². The lowest BCUT2D eigenvalue weighted by Gasteiger charge is -2.04. The van der Waals surface area contributed by atoms with Crippen molar-refractivity contribution in [2.75, 3.05) is 6.54 Å². The van der Waals surface area contributed by atoms with E-state index in [9.17, 15) is 5.11 Å². The summed E-state index contributed by atoms with van der Waals surface area (Å²) in [4.78, 5) is 2.10. The van der Waals surface area contributed by atoms with Gasteiger partial charge in [0.05, 0.1) is 0 Å². The second-order valence-electron chi connectivity index (χ2n) is 2.32. The molecule has 1 unspecified atom stereocenters. The van der Waals surface area contributed by atoms with Gasteiger partial charge in [0.25, 0.3) is 0 Å². The van der Waals surface area contributed by atoms with Crippen LogP contribution in [0.25, 0.3) is 0 Å². The van der Waals surface area contributed by atoms with Gasteiger partial charge < -0.3 is 10.8 Å². The summed E-state index contributed by atoms with van der Waals surface area (Å²) in [5, 5.41) is 9.38. The zero-order chi connectivity index (χ0) is 8.43. The van der Waals surface area contributed by atoms with Gasteiger partial charge in [0, 0.05) is 20.8 Å². The number of nitrogens with two attached hydrogens (primary N) is 1. The molecule has 1 aromatic heterocycles. The zero-order valence-electron chi connectivity index (χ0n) is 6.17. The normalized spacial score (nSPS) is 13.5. The van der Waals surface area contributed by atoms with Crippen LogP contribution in [-0.4, -0.2) is 11.7 Å². The van der Waals surface area contributed by atoms with Gasteiger partial charge in [0.15, 0.2) is 0 Å². The third-order valence-electron chi connectivity index (χ3n) is 1.36. The molecule has 0 aliphatic carbocycles. The molecule has 0 aromatic carbocycles. The number of thiophene rings is 1. The molecule has 0 bridgehead atoms. The average Bonchev–Trinajstić information content (AvgIpc) is 2.28. The summed E-state index contributed by atoms with van der Waals surface area (Å²) in [6, 6.07) is 1.98. The number of hydrogen-bond donors (Lipinski definition) is 2. The molecule has 0 fully saturated rings. The van der Waals surface area contributed by atoms with E-state index >= 15 is 0 Å². The molecule has 0 amide bonds. The zero-order valence-corrected chi connectivity index (χ0v) is 8.58. The quantitative estimate of drug-likeness (QED) is 0.822. The van der Waals surface area contributed by atoms with E-state index in [1.807, 2.05) is 13.0 Å². The summed E-state index contributed by atoms with van der Waals surface area (Å²) in [5.41, 5.74) is 5.32. The number of aliphatic hydroxyl groups is 1. The molecule has 1 aromatic rings. The molecule has 1 heterocycles. The molecule has 3 N–H and O–H groups in total. The number of hydrogen-bond acceptors (Lipinski definition) is 3. The monoisotopic (exact) mass is 235 g/mol. The maximum absolute atomic E-state index is 9.38. The van der Waals surface area contributed by atoms with Crippen molar-refractivity contribution < 1.29 is 5.11 Å². The topological polar surface area (TPSA) is 46.2 Å². The number of aryl methyl sites for hydroxylation is 1. The molecule has 1 atom stereocenters. The maximum atomic E-state index is 9.38. The summed E-state index contributed by atoms with van der Waals surface area (Å²) < 4.78 is 0.956. The van der Waals surface area contributed by atoms with Gasteiger partial charge in [0.2, 0.25) is 0 Å². The first-order valence-corrected chi connectivity index (χ1v) is 4.90. The van der Waals surface area contributed by atoms with Crippen LogP contribution in [0.3, 0.4) is 0 Å². The molecule has 1 rings (SSSR count). The Morgan fingerprint density at radius 2 is 2.45 bits per heavy atom. The van der Waals surface area contributed by atoms with E-state index in [0.29, 0.717) is 0 Å². The minimum atomic E-state index is -0.525. The minimum Gasteiger partial charge on any atom is -0.386 e. The SMILES string of the molecule is Cc1cc(Br)c(C(O)CN)s1. The summed E-state index contributed by atoms with van der Waals surface area (Å²) >= 11 is 4.92. The lowest BCUT2D eigenvalue weighted by Crippen LogP contribution is -2.10. The molecule has 11 heavy (non-hydrogen) atoms. The Labute approximate surface area is 78.2 Å². The summed E-state index contributed by atoms with van der Waals surface area (Å²) in [7, 11) is 0. The molecule has 0 saturated carbocycles. The van der Waals surface area contributed by atoms with Crippen molar-refractivity contribution in [1.29, 1.82) is 0 Å². The first kappa shape index (κ1) is 9.19. The van der Waals surface area contributed by atoms with E-state index in [4.69, 9.17) is 5.73 Å². The molecule has 62 valence electrons. The van der Waals surface area contributed by atoms with Crippen LogP contribution in [0, 0.1) is 6.92 Å². The molecule has 2 nitrogen and oxygen atoms in total. The van der Waals surface area contributed by atoms with Crippen LogP contribution < -0.4 is 5.73 Å². The Hall–Kier alpha value is 0.1000. The molecule has 0 saturated heterocycles. The van der Waals surface area contributed by atoms with E-state index in [1.165, 1.54) is 4.88 Å². The van der Waals surface area contributed by atoms with Gasteiger partial charge in [-0.3, -0.25) is 0 Å². The van der Waals surface area contributed by atoms with Crippen molar-refractivity contribution in [3.63, 3.8) is 0 Å². The summed E-state index contributed by atoms with van der Waals surface area (Å²) in [6.07, 6.45) is -0.525. The highest BCUT2D eigenvalue weighted by atomic mass is 79.9. The Bertz CT molecular complexity index is 249. The van der Waals surface area contributed by atoms with Gasteiger partial charge in [-0.15, -0.1) is 11.3 Å².